The highest BCUT2D eigenvalue weighted by molar-refractivity contribution is 5.79. The summed E-state index contributed by atoms with van der Waals surface area (Å²) < 4.78 is 0. The highest BCUT2D eigenvalue weighted by atomic mass is 16.3. The predicted molar refractivity (Wildman–Crippen MR) is 73.0 cm³/mol. The maximum absolute atomic E-state index is 12.1. The maximum atomic E-state index is 12.1. The van der Waals surface area contributed by atoms with Crippen molar-refractivity contribution in [3.63, 3.8) is 0 Å². The first-order valence-corrected chi connectivity index (χ1v) is 7.27. The minimum atomic E-state index is 0.124. The lowest BCUT2D eigenvalue weighted by molar-refractivity contribution is -0.127. The van der Waals surface area contributed by atoms with E-state index in [1.807, 2.05) is 6.92 Å². The van der Waals surface area contributed by atoms with E-state index in [0.717, 1.165) is 38.6 Å². The van der Waals surface area contributed by atoms with E-state index < -0.39 is 0 Å². The van der Waals surface area contributed by atoms with Crippen LogP contribution >= 0.6 is 0 Å². The number of hydrogen-bond acceptors (Lipinski definition) is 3. The van der Waals surface area contributed by atoms with E-state index in [9.17, 15) is 4.79 Å². The largest absolute Gasteiger partial charge is 0.396 e. The lowest BCUT2D eigenvalue weighted by Gasteiger charge is -2.29. The number of carbonyl (C=O) groups is 1. The van der Waals surface area contributed by atoms with E-state index >= 15 is 0 Å². The monoisotopic (exact) mass is 256 g/mol. The van der Waals surface area contributed by atoms with Gasteiger partial charge in [0.05, 0.1) is 0 Å². The molecule has 0 spiro atoms. The first kappa shape index (κ1) is 15.4. The number of carbonyl (C=O) groups excluding carboxylic acids is 1. The summed E-state index contributed by atoms with van der Waals surface area (Å²) in [6.07, 6.45) is 6.34. The summed E-state index contributed by atoms with van der Waals surface area (Å²) >= 11 is 0. The standard InChI is InChI=1S/C14H28N2O2/c1-11(10-17)5-4-8-16-14(18)13-7-3-2-6-12(13)9-15/h11-13,17H,2-10,15H2,1H3,(H,16,18). The van der Waals surface area contributed by atoms with Crippen LogP contribution in [-0.2, 0) is 4.79 Å². The first-order valence-electron chi connectivity index (χ1n) is 7.27. The van der Waals surface area contributed by atoms with Crippen LogP contribution in [0, 0.1) is 17.8 Å². The van der Waals surface area contributed by atoms with Crippen LogP contribution in [0.25, 0.3) is 0 Å². The van der Waals surface area contributed by atoms with E-state index in [0.29, 0.717) is 18.4 Å². The molecule has 3 atom stereocenters. The summed E-state index contributed by atoms with van der Waals surface area (Å²) in [6, 6.07) is 0. The van der Waals surface area contributed by atoms with E-state index in [1.165, 1.54) is 6.42 Å². The number of nitrogens with one attached hydrogen (secondary N) is 1. The molecule has 3 unspecified atom stereocenters. The fraction of sp³-hybridized carbons (Fsp3) is 0.929. The minimum Gasteiger partial charge on any atom is -0.396 e. The lowest BCUT2D eigenvalue weighted by Crippen LogP contribution is -2.39. The van der Waals surface area contributed by atoms with Crippen molar-refractivity contribution >= 4 is 5.91 Å². The molecule has 0 aromatic heterocycles. The van der Waals surface area contributed by atoms with E-state index in [4.69, 9.17) is 10.8 Å². The van der Waals surface area contributed by atoms with Gasteiger partial charge in [0.15, 0.2) is 0 Å². The second-order valence-electron chi connectivity index (χ2n) is 5.61. The fourth-order valence-corrected chi connectivity index (χ4v) is 2.72. The Hall–Kier alpha value is -0.610. The van der Waals surface area contributed by atoms with Gasteiger partial charge in [-0.3, -0.25) is 4.79 Å². The van der Waals surface area contributed by atoms with Crippen molar-refractivity contribution in [2.24, 2.45) is 23.5 Å². The Morgan fingerprint density at radius 1 is 1.44 bits per heavy atom. The molecule has 0 aromatic carbocycles. The Morgan fingerprint density at radius 2 is 2.17 bits per heavy atom. The van der Waals surface area contributed by atoms with Crippen LogP contribution < -0.4 is 11.1 Å². The number of aliphatic hydroxyl groups is 1. The van der Waals surface area contributed by atoms with Gasteiger partial charge in [-0.15, -0.1) is 0 Å². The third-order valence-electron chi connectivity index (χ3n) is 4.03. The second-order valence-corrected chi connectivity index (χ2v) is 5.61. The smallest absolute Gasteiger partial charge is 0.223 e. The van der Waals surface area contributed by atoms with Crippen LogP contribution in [0.1, 0.15) is 45.4 Å². The number of rotatable bonds is 7. The van der Waals surface area contributed by atoms with Crippen LogP contribution in [0.3, 0.4) is 0 Å². The summed E-state index contributed by atoms with van der Waals surface area (Å²) in [5.41, 5.74) is 5.74. The zero-order valence-corrected chi connectivity index (χ0v) is 11.5. The molecule has 4 N–H and O–H groups in total. The van der Waals surface area contributed by atoms with Crippen LogP contribution in [0.4, 0.5) is 0 Å². The molecule has 18 heavy (non-hydrogen) atoms. The number of nitrogens with two attached hydrogens (primary N) is 1. The van der Waals surface area contributed by atoms with Crippen molar-refractivity contribution in [1.82, 2.24) is 5.32 Å². The Labute approximate surface area is 110 Å². The predicted octanol–water partition coefficient (Wildman–Crippen LogP) is 1.28. The highest BCUT2D eigenvalue weighted by Crippen LogP contribution is 2.29. The summed E-state index contributed by atoms with van der Waals surface area (Å²) in [7, 11) is 0. The normalized spacial score (nSPS) is 25.7. The third-order valence-corrected chi connectivity index (χ3v) is 4.03. The molecule has 0 heterocycles. The average Bonchev–Trinajstić information content (AvgIpc) is 2.42. The second kappa shape index (κ2) is 8.48. The molecule has 1 aliphatic carbocycles. The fourth-order valence-electron chi connectivity index (χ4n) is 2.72. The first-order chi connectivity index (χ1) is 8.69. The molecule has 106 valence electrons. The van der Waals surface area contributed by atoms with Crippen LogP contribution in [0.2, 0.25) is 0 Å². The van der Waals surface area contributed by atoms with Gasteiger partial charge in [-0.25, -0.2) is 0 Å². The number of amides is 1. The molecule has 0 saturated heterocycles. The SMILES string of the molecule is CC(CO)CCCNC(=O)C1CCCCC1CN. The number of aliphatic hydroxyl groups excluding tert-OH is 1. The van der Waals surface area contributed by atoms with E-state index in [2.05, 4.69) is 5.32 Å². The Balaban J connectivity index is 2.22. The summed E-state index contributed by atoms with van der Waals surface area (Å²) in [6.45, 7) is 3.59. The molecular weight excluding hydrogens is 228 g/mol. The van der Waals surface area contributed by atoms with Crippen molar-refractivity contribution in [3.05, 3.63) is 0 Å². The number of hydrogen-bond donors (Lipinski definition) is 3. The molecule has 0 aromatic rings. The van der Waals surface area contributed by atoms with Gasteiger partial charge in [0, 0.05) is 19.1 Å². The Kier molecular flexibility index (Phi) is 7.28. The van der Waals surface area contributed by atoms with E-state index in [-0.39, 0.29) is 18.4 Å². The lowest BCUT2D eigenvalue weighted by atomic mass is 9.79. The van der Waals surface area contributed by atoms with Crippen molar-refractivity contribution in [3.8, 4) is 0 Å². The van der Waals surface area contributed by atoms with Gasteiger partial charge in [0.25, 0.3) is 0 Å². The van der Waals surface area contributed by atoms with Crippen molar-refractivity contribution < 1.29 is 9.90 Å². The maximum Gasteiger partial charge on any atom is 0.223 e. The van der Waals surface area contributed by atoms with E-state index in [1.54, 1.807) is 0 Å². The van der Waals surface area contributed by atoms with Gasteiger partial charge in [0.2, 0.25) is 5.91 Å². The van der Waals surface area contributed by atoms with Crippen molar-refractivity contribution in [2.45, 2.75) is 45.4 Å². The van der Waals surface area contributed by atoms with Gasteiger partial charge < -0.3 is 16.2 Å². The third kappa shape index (κ3) is 4.94. The van der Waals surface area contributed by atoms with Gasteiger partial charge in [-0.1, -0.05) is 19.8 Å². The molecular formula is C14H28N2O2. The molecule has 1 saturated carbocycles. The molecule has 0 bridgehead atoms. The van der Waals surface area contributed by atoms with Crippen LogP contribution in [0.5, 0.6) is 0 Å². The van der Waals surface area contributed by atoms with Crippen LogP contribution in [-0.4, -0.2) is 30.7 Å². The Bertz CT molecular complexity index is 246. The summed E-state index contributed by atoms with van der Waals surface area (Å²) in [4.78, 5) is 12.1. The molecule has 0 radical (unpaired) electrons. The Morgan fingerprint density at radius 3 is 2.83 bits per heavy atom. The minimum absolute atomic E-state index is 0.124. The molecule has 1 rings (SSSR count). The van der Waals surface area contributed by atoms with Gasteiger partial charge in [-0.2, -0.15) is 0 Å². The van der Waals surface area contributed by atoms with Crippen molar-refractivity contribution in [1.29, 1.82) is 0 Å². The molecule has 1 fully saturated rings. The van der Waals surface area contributed by atoms with Crippen LogP contribution in [0.15, 0.2) is 0 Å². The zero-order chi connectivity index (χ0) is 13.4. The van der Waals surface area contributed by atoms with Gasteiger partial charge in [-0.05, 0) is 44.1 Å². The molecule has 0 aliphatic heterocycles. The molecule has 4 nitrogen and oxygen atoms in total. The van der Waals surface area contributed by atoms with Crippen molar-refractivity contribution in [2.75, 3.05) is 19.7 Å². The van der Waals surface area contributed by atoms with Gasteiger partial charge in [0.1, 0.15) is 0 Å². The zero-order valence-electron chi connectivity index (χ0n) is 11.5. The topological polar surface area (TPSA) is 75.3 Å². The summed E-state index contributed by atoms with van der Waals surface area (Å²) in [5.74, 6) is 1.00. The molecule has 1 amide bonds. The average molecular weight is 256 g/mol. The quantitative estimate of drug-likeness (QED) is 0.601. The molecule has 4 heteroatoms. The van der Waals surface area contributed by atoms with Gasteiger partial charge >= 0.3 is 0 Å². The highest BCUT2D eigenvalue weighted by Gasteiger charge is 2.29. The summed E-state index contributed by atoms with van der Waals surface area (Å²) in [5, 5.41) is 11.9. The molecule has 1 aliphatic rings.